The number of rotatable bonds is 8. The van der Waals surface area contributed by atoms with Gasteiger partial charge in [0.2, 0.25) is 0 Å². The maximum Gasteiger partial charge on any atom is 0.191 e. The maximum absolute atomic E-state index is 5.64. The molecule has 2 aromatic rings. The average Bonchev–Trinajstić information content (AvgIpc) is 3.01. The van der Waals surface area contributed by atoms with Gasteiger partial charge in [-0.3, -0.25) is 9.67 Å². The molecule has 24 heavy (non-hydrogen) atoms. The second kappa shape index (κ2) is 9.60. The topological polar surface area (TPSA) is 63.5 Å². The normalized spacial score (nSPS) is 11.4. The lowest BCUT2D eigenvalue weighted by molar-refractivity contribution is 0.336. The third-order valence-corrected chi connectivity index (χ3v) is 3.64. The number of aryl methyl sites for hydroxylation is 2. The van der Waals surface area contributed by atoms with Crippen molar-refractivity contribution in [1.29, 1.82) is 0 Å². The van der Waals surface area contributed by atoms with Crippen molar-refractivity contribution in [2.45, 2.75) is 26.3 Å². The van der Waals surface area contributed by atoms with Crippen LogP contribution in [0.15, 0.2) is 41.7 Å². The first-order valence-electron chi connectivity index (χ1n) is 8.35. The minimum absolute atomic E-state index is 0.665. The van der Waals surface area contributed by atoms with E-state index < -0.39 is 0 Å². The van der Waals surface area contributed by atoms with Crippen molar-refractivity contribution in [3.63, 3.8) is 0 Å². The van der Waals surface area contributed by atoms with Crippen molar-refractivity contribution in [3.8, 4) is 5.75 Å². The smallest absolute Gasteiger partial charge is 0.191 e. The highest BCUT2D eigenvalue weighted by Crippen LogP contribution is 2.17. The summed E-state index contributed by atoms with van der Waals surface area (Å²) < 4.78 is 7.48. The zero-order valence-electron chi connectivity index (χ0n) is 14.7. The van der Waals surface area contributed by atoms with Gasteiger partial charge in [-0.05, 0) is 31.4 Å². The number of aliphatic imine (C=N–C) groups is 1. The molecule has 1 heterocycles. The third-order valence-electron chi connectivity index (χ3n) is 3.64. The first-order chi connectivity index (χ1) is 11.7. The molecular formula is C18H27N5O. The minimum atomic E-state index is 0.665. The number of aromatic nitrogens is 2. The van der Waals surface area contributed by atoms with Crippen molar-refractivity contribution in [2.24, 2.45) is 12.0 Å². The number of guanidine groups is 1. The van der Waals surface area contributed by atoms with E-state index in [1.165, 1.54) is 5.56 Å². The second-order valence-corrected chi connectivity index (χ2v) is 5.52. The Morgan fingerprint density at radius 3 is 2.83 bits per heavy atom. The Kier molecular flexibility index (Phi) is 7.14. The molecule has 2 rings (SSSR count). The second-order valence-electron chi connectivity index (χ2n) is 5.52. The standard InChI is InChI=1S/C18H27N5O/c1-4-24-17-10-6-5-9-16(17)13-21-18(19-2)20-11-7-8-15-12-22-23(3)14-15/h5-6,9-10,12,14H,4,7-8,11,13H2,1-3H3,(H2,19,20,21). The SMILES string of the molecule is CCOc1ccccc1CNC(=NC)NCCCc1cnn(C)c1. The first kappa shape index (κ1) is 17.8. The van der Waals surface area contributed by atoms with Crippen LogP contribution in [-0.4, -0.2) is 35.9 Å². The van der Waals surface area contributed by atoms with Gasteiger partial charge in [0.15, 0.2) is 5.96 Å². The van der Waals surface area contributed by atoms with Gasteiger partial charge in [-0.25, -0.2) is 0 Å². The van der Waals surface area contributed by atoms with E-state index in [0.717, 1.165) is 36.7 Å². The fourth-order valence-electron chi connectivity index (χ4n) is 2.45. The molecule has 0 spiro atoms. The number of para-hydroxylation sites is 1. The summed E-state index contributed by atoms with van der Waals surface area (Å²) >= 11 is 0. The lowest BCUT2D eigenvalue weighted by Crippen LogP contribution is -2.37. The van der Waals surface area contributed by atoms with Crippen molar-refractivity contribution in [1.82, 2.24) is 20.4 Å². The molecule has 1 aromatic carbocycles. The summed E-state index contributed by atoms with van der Waals surface area (Å²) in [6, 6.07) is 8.06. The Hall–Kier alpha value is -2.50. The summed E-state index contributed by atoms with van der Waals surface area (Å²) in [5.41, 5.74) is 2.38. The van der Waals surface area contributed by atoms with Crippen LogP contribution in [0.3, 0.4) is 0 Å². The zero-order valence-corrected chi connectivity index (χ0v) is 14.7. The van der Waals surface area contributed by atoms with Crippen LogP contribution in [0.1, 0.15) is 24.5 Å². The van der Waals surface area contributed by atoms with E-state index in [0.29, 0.717) is 13.2 Å². The summed E-state index contributed by atoms with van der Waals surface area (Å²) in [5.74, 6) is 1.71. The van der Waals surface area contributed by atoms with Gasteiger partial charge >= 0.3 is 0 Å². The van der Waals surface area contributed by atoms with Crippen LogP contribution >= 0.6 is 0 Å². The lowest BCUT2D eigenvalue weighted by Gasteiger charge is -2.14. The number of benzene rings is 1. The summed E-state index contributed by atoms with van der Waals surface area (Å²) in [6.45, 7) is 4.20. The van der Waals surface area contributed by atoms with Crippen LogP contribution in [0.4, 0.5) is 0 Å². The highest BCUT2D eigenvalue weighted by molar-refractivity contribution is 5.79. The monoisotopic (exact) mass is 329 g/mol. The van der Waals surface area contributed by atoms with Crippen LogP contribution in [-0.2, 0) is 20.0 Å². The van der Waals surface area contributed by atoms with Gasteiger partial charge in [0.25, 0.3) is 0 Å². The Bertz CT molecular complexity index is 650. The molecule has 0 aliphatic rings. The molecule has 0 amide bonds. The molecule has 0 radical (unpaired) electrons. The van der Waals surface area contributed by atoms with Crippen molar-refractivity contribution in [2.75, 3.05) is 20.2 Å². The van der Waals surface area contributed by atoms with Gasteiger partial charge in [0.1, 0.15) is 5.75 Å². The predicted octanol–water partition coefficient (Wildman–Crippen LogP) is 2.12. The van der Waals surface area contributed by atoms with Crippen LogP contribution in [0.5, 0.6) is 5.75 Å². The van der Waals surface area contributed by atoms with Crippen LogP contribution < -0.4 is 15.4 Å². The molecule has 6 nitrogen and oxygen atoms in total. The molecule has 0 unspecified atom stereocenters. The summed E-state index contributed by atoms with van der Waals surface area (Å²) in [7, 11) is 3.72. The van der Waals surface area contributed by atoms with E-state index in [1.54, 1.807) is 7.05 Å². The largest absolute Gasteiger partial charge is 0.494 e. The number of ether oxygens (including phenoxy) is 1. The molecule has 2 N–H and O–H groups in total. The third kappa shape index (κ3) is 5.61. The van der Waals surface area contributed by atoms with E-state index >= 15 is 0 Å². The van der Waals surface area contributed by atoms with Crippen LogP contribution in [0.25, 0.3) is 0 Å². The van der Waals surface area contributed by atoms with Crippen molar-refractivity contribution < 1.29 is 4.74 Å². The Balaban J connectivity index is 1.74. The molecule has 6 heteroatoms. The number of hydrogen-bond donors (Lipinski definition) is 2. The molecule has 0 saturated heterocycles. The van der Waals surface area contributed by atoms with E-state index in [2.05, 4.69) is 33.0 Å². The minimum Gasteiger partial charge on any atom is -0.494 e. The van der Waals surface area contributed by atoms with E-state index in [4.69, 9.17) is 4.74 Å². The van der Waals surface area contributed by atoms with Gasteiger partial charge in [-0.15, -0.1) is 0 Å². The molecule has 0 aliphatic heterocycles. The van der Waals surface area contributed by atoms with Gasteiger partial charge < -0.3 is 15.4 Å². The molecule has 1 aromatic heterocycles. The summed E-state index contributed by atoms with van der Waals surface area (Å²) in [4.78, 5) is 4.26. The molecule has 0 aliphatic carbocycles. The summed E-state index contributed by atoms with van der Waals surface area (Å²) in [5, 5.41) is 10.9. The highest BCUT2D eigenvalue weighted by Gasteiger charge is 2.04. The zero-order chi connectivity index (χ0) is 17.2. The predicted molar refractivity (Wildman–Crippen MR) is 97.3 cm³/mol. The number of nitrogens with zero attached hydrogens (tertiary/aromatic N) is 3. The summed E-state index contributed by atoms with van der Waals surface area (Å²) in [6.07, 6.45) is 6.00. The van der Waals surface area contributed by atoms with Gasteiger partial charge in [0, 0.05) is 38.9 Å². The molecule has 0 atom stereocenters. The number of hydrogen-bond acceptors (Lipinski definition) is 3. The maximum atomic E-state index is 5.64. The van der Waals surface area contributed by atoms with E-state index in [1.807, 2.05) is 43.0 Å². The first-order valence-corrected chi connectivity index (χ1v) is 8.35. The van der Waals surface area contributed by atoms with Gasteiger partial charge in [0.05, 0.1) is 12.8 Å². The van der Waals surface area contributed by atoms with Crippen molar-refractivity contribution in [3.05, 3.63) is 47.8 Å². The van der Waals surface area contributed by atoms with E-state index in [9.17, 15) is 0 Å². The van der Waals surface area contributed by atoms with Gasteiger partial charge in [-0.1, -0.05) is 18.2 Å². The Morgan fingerprint density at radius 2 is 2.12 bits per heavy atom. The fraction of sp³-hybridized carbons (Fsp3) is 0.444. The molecule has 0 bridgehead atoms. The molecule has 0 saturated carbocycles. The molecule has 0 fully saturated rings. The average molecular weight is 329 g/mol. The molecule has 130 valence electrons. The Labute approximate surface area is 143 Å². The quantitative estimate of drug-likeness (QED) is 0.442. The Morgan fingerprint density at radius 1 is 1.29 bits per heavy atom. The van der Waals surface area contributed by atoms with E-state index in [-0.39, 0.29) is 0 Å². The van der Waals surface area contributed by atoms with Crippen LogP contribution in [0.2, 0.25) is 0 Å². The van der Waals surface area contributed by atoms with Crippen molar-refractivity contribution >= 4 is 5.96 Å². The van der Waals surface area contributed by atoms with Gasteiger partial charge in [-0.2, -0.15) is 5.10 Å². The number of nitrogens with one attached hydrogen (secondary N) is 2. The lowest BCUT2D eigenvalue weighted by atomic mass is 10.2. The fourth-order valence-corrected chi connectivity index (χ4v) is 2.45. The van der Waals surface area contributed by atoms with Crippen LogP contribution in [0, 0.1) is 0 Å². The molecular weight excluding hydrogens is 302 g/mol. The highest BCUT2D eigenvalue weighted by atomic mass is 16.5.